The van der Waals surface area contributed by atoms with Gasteiger partial charge in [-0.3, -0.25) is 0 Å². The summed E-state index contributed by atoms with van der Waals surface area (Å²) in [5.41, 5.74) is -0.512. The van der Waals surface area contributed by atoms with Crippen LogP contribution in [0.2, 0.25) is 10.0 Å². The molecule has 0 aliphatic carbocycles. The first kappa shape index (κ1) is 17.6. The van der Waals surface area contributed by atoms with Gasteiger partial charge in [0.1, 0.15) is 5.75 Å². The lowest BCUT2D eigenvalue weighted by Gasteiger charge is -2.30. The zero-order chi connectivity index (χ0) is 15.4. The highest BCUT2D eigenvalue weighted by molar-refractivity contribution is 7.89. The van der Waals surface area contributed by atoms with Crippen LogP contribution in [-0.2, 0) is 10.0 Å². The van der Waals surface area contributed by atoms with Gasteiger partial charge in [-0.05, 0) is 31.0 Å². The monoisotopic (exact) mass is 339 g/mol. The van der Waals surface area contributed by atoms with E-state index in [4.69, 9.17) is 33.1 Å². The summed E-state index contributed by atoms with van der Waals surface area (Å²) >= 11 is 11.8. The molecule has 0 saturated carbocycles. The van der Waals surface area contributed by atoms with Crippen molar-refractivity contribution in [2.75, 3.05) is 12.4 Å². The molecule has 0 heterocycles. The summed E-state index contributed by atoms with van der Waals surface area (Å²) in [6.07, 6.45) is 1.29. The summed E-state index contributed by atoms with van der Waals surface area (Å²) in [7, 11) is -3.56. The van der Waals surface area contributed by atoms with E-state index in [1.807, 2.05) is 13.8 Å². The molecule has 0 aliphatic heterocycles. The molecule has 1 aromatic carbocycles. The molecule has 4 nitrogen and oxygen atoms in total. The number of hydrogen-bond donors (Lipinski definition) is 1. The fourth-order valence-electron chi connectivity index (χ4n) is 1.97. The van der Waals surface area contributed by atoms with Crippen molar-refractivity contribution < 1.29 is 13.2 Å². The van der Waals surface area contributed by atoms with Crippen LogP contribution >= 0.6 is 23.2 Å². The zero-order valence-electron chi connectivity index (χ0n) is 11.5. The van der Waals surface area contributed by atoms with E-state index in [1.54, 1.807) is 18.2 Å². The maximum Gasteiger partial charge on any atom is 0.209 e. The third-order valence-corrected chi connectivity index (χ3v) is 4.84. The smallest absolute Gasteiger partial charge is 0.209 e. The molecule has 0 fully saturated rings. The van der Waals surface area contributed by atoms with Gasteiger partial charge in [-0.1, -0.05) is 37.0 Å². The molecule has 1 aromatic rings. The van der Waals surface area contributed by atoms with E-state index in [2.05, 4.69) is 0 Å². The Hall–Kier alpha value is -0.490. The van der Waals surface area contributed by atoms with Crippen molar-refractivity contribution in [3.63, 3.8) is 0 Å². The fourth-order valence-corrected chi connectivity index (χ4v) is 3.83. The highest BCUT2D eigenvalue weighted by Gasteiger charge is 2.32. The van der Waals surface area contributed by atoms with Gasteiger partial charge in [0.2, 0.25) is 10.0 Å². The van der Waals surface area contributed by atoms with Gasteiger partial charge in [0.15, 0.2) is 0 Å². The van der Waals surface area contributed by atoms with E-state index in [1.165, 1.54) is 0 Å². The topological polar surface area (TPSA) is 69.4 Å². The maximum atomic E-state index is 11.4. The fraction of sp³-hybridized carbons (Fsp3) is 0.538. The van der Waals surface area contributed by atoms with Crippen molar-refractivity contribution in [1.29, 1.82) is 0 Å². The molecule has 20 heavy (non-hydrogen) atoms. The molecule has 0 aliphatic rings. The van der Waals surface area contributed by atoms with E-state index in [0.717, 1.165) is 0 Å². The minimum atomic E-state index is -3.56. The van der Waals surface area contributed by atoms with Crippen LogP contribution in [0.3, 0.4) is 0 Å². The minimum absolute atomic E-state index is 0.110. The Morgan fingerprint density at radius 2 is 1.65 bits per heavy atom. The van der Waals surface area contributed by atoms with Crippen molar-refractivity contribution in [2.24, 2.45) is 10.6 Å². The lowest BCUT2D eigenvalue weighted by atomic mass is 9.85. The van der Waals surface area contributed by atoms with E-state index >= 15 is 0 Å². The Balaban J connectivity index is 2.86. The largest absolute Gasteiger partial charge is 0.493 e. The van der Waals surface area contributed by atoms with Gasteiger partial charge >= 0.3 is 0 Å². The molecule has 0 radical (unpaired) electrons. The first-order valence-electron chi connectivity index (χ1n) is 6.29. The van der Waals surface area contributed by atoms with Crippen molar-refractivity contribution in [1.82, 2.24) is 0 Å². The normalized spacial score (nSPS) is 12.4. The quantitative estimate of drug-likeness (QED) is 0.826. The molecule has 2 N–H and O–H groups in total. The van der Waals surface area contributed by atoms with Crippen molar-refractivity contribution in [2.45, 2.75) is 26.7 Å². The van der Waals surface area contributed by atoms with E-state index in [0.29, 0.717) is 28.6 Å². The van der Waals surface area contributed by atoms with E-state index in [-0.39, 0.29) is 12.4 Å². The molecule has 1 rings (SSSR count). The first-order valence-corrected chi connectivity index (χ1v) is 8.76. The molecule has 0 unspecified atom stereocenters. The predicted octanol–water partition coefficient (Wildman–Crippen LogP) is 3.47. The SMILES string of the molecule is CCC(CC)(COc1cc(Cl)cc(Cl)c1)CS(N)(=O)=O. The molecule has 0 bridgehead atoms. The second kappa shape index (κ2) is 6.98. The van der Waals surface area contributed by atoms with Crippen LogP contribution in [0.1, 0.15) is 26.7 Å². The third-order valence-electron chi connectivity index (χ3n) is 3.39. The van der Waals surface area contributed by atoms with Gasteiger partial charge < -0.3 is 4.74 Å². The Kier molecular flexibility index (Phi) is 6.13. The Morgan fingerprint density at radius 3 is 2.05 bits per heavy atom. The predicted molar refractivity (Wildman–Crippen MR) is 82.9 cm³/mol. The number of rotatable bonds is 7. The second-order valence-corrected chi connectivity index (χ2v) is 7.40. The number of hydrogen-bond acceptors (Lipinski definition) is 3. The second-order valence-electron chi connectivity index (χ2n) is 4.91. The summed E-state index contributed by atoms with van der Waals surface area (Å²) in [5, 5.41) is 6.10. The van der Waals surface area contributed by atoms with Gasteiger partial charge in [-0.25, -0.2) is 13.6 Å². The Morgan fingerprint density at radius 1 is 1.15 bits per heavy atom. The summed E-state index contributed by atoms with van der Waals surface area (Å²) in [4.78, 5) is 0. The number of primary sulfonamides is 1. The Bertz CT molecular complexity index is 536. The summed E-state index contributed by atoms with van der Waals surface area (Å²) in [6, 6.07) is 4.88. The highest BCUT2D eigenvalue weighted by Crippen LogP contribution is 2.31. The van der Waals surface area contributed by atoms with Gasteiger partial charge in [-0.2, -0.15) is 0 Å². The van der Waals surface area contributed by atoms with E-state index in [9.17, 15) is 8.42 Å². The summed E-state index contributed by atoms with van der Waals surface area (Å²) < 4.78 is 28.4. The molecular formula is C13H19Cl2NO3S. The molecular weight excluding hydrogens is 321 g/mol. The van der Waals surface area contributed by atoms with Crippen LogP contribution < -0.4 is 9.88 Å². The number of sulfonamides is 1. The molecule has 114 valence electrons. The van der Waals surface area contributed by atoms with Crippen molar-refractivity contribution in [3.8, 4) is 5.75 Å². The molecule has 0 saturated heterocycles. The van der Waals surface area contributed by atoms with Gasteiger partial charge in [0.25, 0.3) is 0 Å². The molecule has 0 atom stereocenters. The minimum Gasteiger partial charge on any atom is -0.493 e. The molecule has 0 spiro atoms. The van der Waals surface area contributed by atoms with Crippen LogP contribution in [0.5, 0.6) is 5.75 Å². The number of ether oxygens (including phenoxy) is 1. The van der Waals surface area contributed by atoms with Crippen LogP contribution in [0.4, 0.5) is 0 Å². The molecule has 7 heteroatoms. The van der Waals surface area contributed by atoms with Crippen LogP contribution in [-0.4, -0.2) is 20.8 Å². The van der Waals surface area contributed by atoms with Gasteiger partial charge in [0.05, 0.1) is 12.4 Å². The van der Waals surface area contributed by atoms with E-state index < -0.39 is 15.4 Å². The summed E-state index contributed by atoms with van der Waals surface area (Å²) in [5.74, 6) is 0.407. The number of nitrogens with two attached hydrogens (primary N) is 1. The standard InChI is InChI=1S/C13H19Cl2NO3S/c1-3-13(4-2,9-20(16,17)18)8-19-12-6-10(14)5-11(15)7-12/h5-7H,3-4,8-9H2,1-2H3,(H2,16,17,18). The molecule has 0 amide bonds. The number of benzene rings is 1. The van der Waals surface area contributed by atoms with Gasteiger partial charge in [-0.15, -0.1) is 0 Å². The zero-order valence-corrected chi connectivity index (χ0v) is 13.9. The van der Waals surface area contributed by atoms with Crippen molar-refractivity contribution >= 4 is 33.2 Å². The van der Waals surface area contributed by atoms with Crippen LogP contribution in [0.25, 0.3) is 0 Å². The summed E-state index contributed by atoms with van der Waals surface area (Å²) in [6.45, 7) is 4.08. The number of halogens is 2. The molecule has 0 aromatic heterocycles. The van der Waals surface area contributed by atoms with Crippen LogP contribution in [0, 0.1) is 5.41 Å². The van der Waals surface area contributed by atoms with Gasteiger partial charge in [0, 0.05) is 15.5 Å². The van der Waals surface area contributed by atoms with Crippen molar-refractivity contribution in [3.05, 3.63) is 28.2 Å². The average Bonchev–Trinajstić information content (AvgIpc) is 2.32. The average molecular weight is 340 g/mol. The third kappa shape index (κ3) is 5.48. The first-order chi connectivity index (χ1) is 9.19. The van der Waals surface area contributed by atoms with Crippen LogP contribution in [0.15, 0.2) is 18.2 Å². The lowest BCUT2D eigenvalue weighted by molar-refractivity contribution is 0.154. The maximum absolute atomic E-state index is 11.4. The lowest BCUT2D eigenvalue weighted by Crippen LogP contribution is -2.37. The Labute approximate surface area is 130 Å². The highest BCUT2D eigenvalue weighted by atomic mass is 35.5.